The first kappa shape index (κ1) is 13.7. The summed E-state index contributed by atoms with van der Waals surface area (Å²) in [5.74, 6) is 2.71. The molecule has 0 heterocycles. The summed E-state index contributed by atoms with van der Waals surface area (Å²) in [4.78, 5) is 6.39. The summed E-state index contributed by atoms with van der Waals surface area (Å²) in [6, 6.07) is 9.90. The van der Waals surface area contributed by atoms with E-state index >= 15 is 0 Å². The number of para-hydroxylation sites is 1. The van der Waals surface area contributed by atoms with Gasteiger partial charge in [0, 0.05) is 20.6 Å². The third-order valence-electron chi connectivity index (χ3n) is 3.26. The lowest BCUT2D eigenvalue weighted by atomic mass is 10.3. The maximum atomic E-state index is 5.68. The monoisotopic (exact) mass is 261 g/mol. The van der Waals surface area contributed by atoms with Gasteiger partial charge < -0.3 is 15.0 Å². The Bertz CT molecular complexity index is 401. The molecular weight excluding hydrogens is 238 g/mol. The number of nitrogens with zero attached hydrogens (tertiary/aromatic N) is 2. The Kier molecular flexibility index (Phi) is 5.07. The van der Waals surface area contributed by atoms with Gasteiger partial charge in [0.25, 0.3) is 0 Å². The zero-order valence-electron chi connectivity index (χ0n) is 11.8. The topological polar surface area (TPSA) is 36.9 Å². The van der Waals surface area contributed by atoms with Crippen LogP contribution in [0.15, 0.2) is 35.3 Å². The van der Waals surface area contributed by atoms with Crippen molar-refractivity contribution in [2.24, 2.45) is 10.9 Å². The highest BCUT2D eigenvalue weighted by molar-refractivity contribution is 5.79. The van der Waals surface area contributed by atoms with E-state index in [0.29, 0.717) is 6.61 Å². The Labute approximate surface area is 115 Å². The first-order valence-corrected chi connectivity index (χ1v) is 6.89. The van der Waals surface area contributed by atoms with Crippen LogP contribution in [0, 0.1) is 5.92 Å². The van der Waals surface area contributed by atoms with Crippen LogP contribution in [0.1, 0.15) is 12.8 Å². The van der Waals surface area contributed by atoms with E-state index in [0.717, 1.165) is 30.7 Å². The van der Waals surface area contributed by atoms with Crippen molar-refractivity contribution in [3.63, 3.8) is 0 Å². The minimum atomic E-state index is 0.657. The van der Waals surface area contributed by atoms with Crippen molar-refractivity contribution < 1.29 is 4.74 Å². The molecule has 1 aliphatic rings. The summed E-state index contributed by atoms with van der Waals surface area (Å²) in [5, 5.41) is 3.40. The minimum Gasteiger partial charge on any atom is -0.492 e. The van der Waals surface area contributed by atoms with E-state index in [1.54, 1.807) is 0 Å². The number of hydrogen-bond acceptors (Lipinski definition) is 2. The maximum Gasteiger partial charge on any atom is 0.193 e. The van der Waals surface area contributed by atoms with E-state index < -0.39 is 0 Å². The number of guanidine groups is 1. The minimum absolute atomic E-state index is 0.657. The summed E-state index contributed by atoms with van der Waals surface area (Å²) in [6.45, 7) is 2.51. The standard InChI is InChI=1S/C15H23N3O/c1-16-15(17-12-13-8-9-13)18(2)10-11-19-14-6-4-3-5-7-14/h3-7,13H,8-12H2,1-2H3,(H,16,17). The van der Waals surface area contributed by atoms with Crippen molar-refractivity contribution in [3.8, 4) is 5.75 Å². The molecule has 1 aromatic carbocycles. The fourth-order valence-corrected chi connectivity index (χ4v) is 1.87. The molecule has 4 nitrogen and oxygen atoms in total. The molecule has 1 aromatic rings. The number of aliphatic imine (C=N–C) groups is 1. The van der Waals surface area contributed by atoms with E-state index in [9.17, 15) is 0 Å². The molecule has 1 aliphatic carbocycles. The molecule has 104 valence electrons. The Balaban J connectivity index is 1.68. The Morgan fingerprint density at radius 1 is 1.37 bits per heavy atom. The van der Waals surface area contributed by atoms with E-state index in [2.05, 4.69) is 15.2 Å². The molecule has 1 saturated carbocycles. The van der Waals surface area contributed by atoms with E-state index in [1.807, 2.05) is 44.4 Å². The average molecular weight is 261 g/mol. The van der Waals surface area contributed by atoms with E-state index in [4.69, 9.17) is 4.74 Å². The van der Waals surface area contributed by atoms with Crippen molar-refractivity contribution in [2.45, 2.75) is 12.8 Å². The summed E-state index contributed by atoms with van der Waals surface area (Å²) in [6.07, 6.45) is 2.70. The molecule has 2 rings (SSSR count). The van der Waals surface area contributed by atoms with E-state index in [1.165, 1.54) is 12.8 Å². The van der Waals surface area contributed by atoms with Crippen molar-refractivity contribution in [2.75, 3.05) is 33.8 Å². The van der Waals surface area contributed by atoms with Gasteiger partial charge >= 0.3 is 0 Å². The van der Waals surface area contributed by atoms with Crippen LogP contribution in [0.5, 0.6) is 5.75 Å². The smallest absolute Gasteiger partial charge is 0.193 e. The lowest BCUT2D eigenvalue weighted by Crippen LogP contribution is -2.41. The first-order valence-electron chi connectivity index (χ1n) is 6.89. The second kappa shape index (κ2) is 7.02. The molecule has 0 bridgehead atoms. The molecule has 1 N–H and O–H groups in total. The van der Waals surface area contributed by atoms with Crippen molar-refractivity contribution in [1.82, 2.24) is 10.2 Å². The molecule has 4 heteroatoms. The Morgan fingerprint density at radius 2 is 2.11 bits per heavy atom. The highest BCUT2D eigenvalue weighted by atomic mass is 16.5. The number of hydrogen-bond donors (Lipinski definition) is 1. The van der Waals surface area contributed by atoms with Gasteiger partial charge in [-0.05, 0) is 30.9 Å². The van der Waals surface area contributed by atoms with Crippen LogP contribution in [0.3, 0.4) is 0 Å². The molecule has 19 heavy (non-hydrogen) atoms. The quantitative estimate of drug-likeness (QED) is 0.628. The van der Waals surface area contributed by atoms with Gasteiger partial charge in [0.2, 0.25) is 0 Å². The van der Waals surface area contributed by atoms with Gasteiger partial charge in [0.1, 0.15) is 12.4 Å². The second-order valence-electron chi connectivity index (χ2n) is 4.95. The zero-order valence-corrected chi connectivity index (χ0v) is 11.8. The van der Waals surface area contributed by atoms with Crippen LogP contribution in [-0.2, 0) is 0 Å². The van der Waals surface area contributed by atoms with Crippen LogP contribution in [0.25, 0.3) is 0 Å². The second-order valence-corrected chi connectivity index (χ2v) is 4.95. The van der Waals surface area contributed by atoms with Gasteiger partial charge in [0.15, 0.2) is 5.96 Å². The highest BCUT2D eigenvalue weighted by Gasteiger charge is 2.21. The number of nitrogens with one attached hydrogen (secondary N) is 1. The summed E-state index contributed by atoms with van der Waals surface area (Å²) >= 11 is 0. The van der Waals surface area contributed by atoms with Gasteiger partial charge in [-0.3, -0.25) is 4.99 Å². The average Bonchev–Trinajstić information content (AvgIpc) is 3.25. The summed E-state index contributed by atoms with van der Waals surface area (Å²) in [7, 11) is 3.86. The lowest BCUT2D eigenvalue weighted by molar-refractivity contribution is 0.281. The van der Waals surface area contributed by atoms with Gasteiger partial charge in [0.05, 0.1) is 6.54 Å². The van der Waals surface area contributed by atoms with Crippen molar-refractivity contribution >= 4 is 5.96 Å². The number of rotatable bonds is 6. The molecule has 0 radical (unpaired) electrons. The number of ether oxygens (including phenoxy) is 1. The maximum absolute atomic E-state index is 5.68. The molecule has 0 saturated heterocycles. The predicted octanol–water partition coefficient (Wildman–Crippen LogP) is 1.98. The van der Waals surface area contributed by atoms with Crippen LogP contribution < -0.4 is 10.1 Å². The fourth-order valence-electron chi connectivity index (χ4n) is 1.87. The van der Waals surface area contributed by atoms with Crippen molar-refractivity contribution in [1.29, 1.82) is 0 Å². The van der Waals surface area contributed by atoms with Crippen LogP contribution in [0.2, 0.25) is 0 Å². The van der Waals surface area contributed by atoms with Gasteiger partial charge in [-0.2, -0.15) is 0 Å². The van der Waals surface area contributed by atoms with Crippen LogP contribution in [-0.4, -0.2) is 44.7 Å². The Morgan fingerprint density at radius 3 is 2.74 bits per heavy atom. The molecule has 1 fully saturated rings. The fraction of sp³-hybridized carbons (Fsp3) is 0.533. The van der Waals surface area contributed by atoms with Gasteiger partial charge in [-0.1, -0.05) is 18.2 Å². The molecule has 0 unspecified atom stereocenters. The van der Waals surface area contributed by atoms with E-state index in [-0.39, 0.29) is 0 Å². The summed E-state index contributed by atoms with van der Waals surface area (Å²) in [5.41, 5.74) is 0. The predicted molar refractivity (Wildman–Crippen MR) is 78.7 cm³/mol. The normalized spacial score (nSPS) is 15.2. The molecule has 0 aliphatic heterocycles. The third kappa shape index (κ3) is 4.81. The SMILES string of the molecule is CN=C(NCC1CC1)N(C)CCOc1ccccc1. The molecular formula is C15H23N3O. The Hall–Kier alpha value is -1.71. The van der Waals surface area contributed by atoms with Crippen LogP contribution >= 0.6 is 0 Å². The summed E-state index contributed by atoms with van der Waals surface area (Å²) < 4.78 is 5.68. The zero-order chi connectivity index (χ0) is 13.5. The highest BCUT2D eigenvalue weighted by Crippen LogP contribution is 2.27. The lowest BCUT2D eigenvalue weighted by Gasteiger charge is -2.22. The molecule has 0 aromatic heterocycles. The van der Waals surface area contributed by atoms with Crippen molar-refractivity contribution in [3.05, 3.63) is 30.3 Å². The molecule has 0 spiro atoms. The van der Waals surface area contributed by atoms with Gasteiger partial charge in [-0.15, -0.1) is 0 Å². The molecule has 0 atom stereocenters. The number of benzene rings is 1. The first-order chi connectivity index (χ1) is 9.29. The number of likely N-dealkylation sites (N-methyl/N-ethyl adjacent to an activating group) is 1. The molecule has 0 amide bonds. The van der Waals surface area contributed by atoms with Gasteiger partial charge in [-0.25, -0.2) is 0 Å². The third-order valence-corrected chi connectivity index (χ3v) is 3.26. The van der Waals surface area contributed by atoms with Crippen LogP contribution in [0.4, 0.5) is 0 Å². The largest absolute Gasteiger partial charge is 0.492 e.